The van der Waals surface area contributed by atoms with E-state index >= 15 is 0 Å². The van der Waals surface area contributed by atoms with E-state index in [0.29, 0.717) is 18.2 Å². The van der Waals surface area contributed by atoms with E-state index in [9.17, 15) is 5.11 Å². The van der Waals surface area contributed by atoms with Crippen molar-refractivity contribution in [3.05, 3.63) is 66.6 Å². The number of aliphatic hydroxyl groups is 1. The van der Waals surface area contributed by atoms with E-state index < -0.39 is 6.10 Å². The second-order valence-corrected chi connectivity index (χ2v) is 5.62. The molecular formula is C19H20N4O2. The van der Waals surface area contributed by atoms with Gasteiger partial charge < -0.3 is 15.2 Å². The molecule has 0 aliphatic heterocycles. The molecule has 2 N–H and O–H groups in total. The lowest BCUT2D eigenvalue weighted by Gasteiger charge is -2.14. The van der Waals surface area contributed by atoms with Crippen molar-refractivity contribution in [2.24, 2.45) is 0 Å². The zero-order chi connectivity index (χ0) is 17.5. The zero-order valence-electron chi connectivity index (χ0n) is 14.0. The summed E-state index contributed by atoms with van der Waals surface area (Å²) in [4.78, 5) is 13.0. The maximum absolute atomic E-state index is 10.1. The molecule has 6 heteroatoms. The van der Waals surface area contributed by atoms with Crippen LogP contribution in [0.4, 0.5) is 5.82 Å². The molecule has 0 radical (unpaired) electrons. The van der Waals surface area contributed by atoms with Crippen LogP contribution in [-0.2, 0) is 0 Å². The largest absolute Gasteiger partial charge is 0.491 e. The van der Waals surface area contributed by atoms with Crippen molar-refractivity contribution in [3.63, 3.8) is 0 Å². The number of ether oxygens (including phenoxy) is 1. The van der Waals surface area contributed by atoms with Crippen molar-refractivity contribution in [2.45, 2.75) is 13.0 Å². The van der Waals surface area contributed by atoms with Crippen molar-refractivity contribution in [2.75, 3.05) is 18.5 Å². The Kier molecular flexibility index (Phi) is 5.53. The van der Waals surface area contributed by atoms with Crippen LogP contribution in [0.5, 0.6) is 5.75 Å². The number of nitrogens with zero attached hydrogens (tertiary/aromatic N) is 3. The lowest BCUT2D eigenvalue weighted by atomic mass is 10.2. The Morgan fingerprint density at radius 3 is 2.72 bits per heavy atom. The third-order valence-corrected chi connectivity index (χ3v) is 3.48. The van der Waals surface area contributed by atoms with Gasteiger partial charge >= 0.3 is 0 Å². The van der Waals surface area contributed by atoms with Gasteiger partial charge in [-0.15, -0.1) is 0 Å². The Morgan fingerprint density at radius 2 is 1.96 bits per heavy atom. The number of anilines is 1. The van der Waals surface area contributed by atoms with E-state index in [1.807, 2.05) is 55.5 Å². The van der Waals surface area contributed by atoms with E-state index in [-0.39, 0.29) is 6.61 Å². The minimum absolute atomic E-state index is 0.205. The molecule has 25 heavy (non-hydrogen) atoms. The van der Waals surface area contributed by atoms with Crippen molar-refractivity contribution >= 4 is 5.82 Å². The summed E-state index contributed by atoms with van der Waals surface area (Å²) in [5.41, 5.74) is 1.69. The maximum Gasteiger partial charge on any atom is 0.163 e. The topological polar surface area (TPSA) is 80.2 Å². The van der Waals surface area contributed by atoms with E-state index in [2.05, 4.69) is 20.3 Å². The Labute approximate surface area is 146 Å². The van der Waals surface area contributed by atoms with Crippen molar-refractivity contribution in [1.29, 1.82) is 0 Å². The molecular weight excluding hydrogens is 316 g/mol. The Morgan fingerprint density at radius 1 is 1.12 bits per heavy atom. The molecule has 0 saturated carbocycles. The summed E-state index contributed by atoms with van der Waals surface area (Å²) < 4.78 is 5.54. The van der Waals surface area contributed by atoms with Gasteiger partial charge in [-0.25, -0.2) is 9.97 Å². The van der Waals surface area contributed by atoms with Gasteiger partial charge in [-0.3, -0.25) is 4.98 Å². The van der Waals surface area contributed by atoms with Gasteiger partial charge in [-0.2, -0.15) is 0 Å². The molecule has 6 nitrogen and oxygen atoms in total. The van der Waals surface area contributed by atoms with Crippen LogP contribution in [0, 0.1) is 6.92 Å². The van der Waals surface area contributed by atoms with E-state index in [0.717, 1.165) is 17.0 Å². The number of benzene rings is 1. The maximum atomic E-state index is 10.1. The molecule has 0 bridgehead atoms. The molecule has 1 atom stereocenters. The lowest BCUT2D eigenvalue weighted by Crippen LogP contribution is -2.26. The fourth-order valence-electron chi connectivity index (χ4n) is 2.27. The zero-order valence-corrected chi connectivity index (χ0v) is 14.0. The first-order valence-corrected chi connectivity index (χ1v) is 8.06. The summed E-state index contributed by atoms with van der Waals surface area (Å²) in [6, 6.07) is 15.0. The van der Waals surface area contributed by atoms with Gasteiger partial charge in [0.05, 0.1) is 0 Å². The number of rotatable bonds is 7. The third kappa shape index (κ3) is 4.99. The summed E-state index contributed by atoms with van der Waals surface area (Å²) >= 11 is 0. The number of para-hydroxylation sites is 1. The first-order valence-electron chi connectivity index (χ1n) is 8.06. The van der Waals surface area contributed by atoms with E-state index in [1.165, 1.54) is 0 Å². The molecule has 1 aromatic carbocycles. The molecule has 0 spiro atoms. The quantitative estimate of drug-likeness (QED) is 0.690. The smallest absolute Gasteiger partial charge is 0.163 e. The highest BCUT2D eigenvalue weighted by atomic mass is 16.5. The highest BCUT2D eigenvalue weighted by molar-refractivity contribution is 5.56. The SMILES string of the molecule is Cc1cc(NC[C@@H](O)COc2ccccc2)nc(-c2cccnc2)n1. The number of aliphatic hydroxyl groups excluding tert-OH is 1. The second kappa shape index (κ2) is 8.21. The van der Waals surface area contributed by atoms with Crippen molar-refractivity contribution in [1.82, 2.24) is 15.0 Å². The molecule has 3 aromatic rings. The minimum atomic E-state index is -0.655. The van der Waals surface area contributed by atoms with Crippen LogP contribution in [0.1, 0.15) is 5.69 Å². The van der Waals surface area contributed by atoms with Crippen LogP contribution in [0.15, 0.2) is 60.9 Å². The summed E-state index contributed by atoms with van der Waals surface area (Å²) in [7, 11) is 0. The van der Waals surface area contributed by atoms with Crippen LogP contribution in [-0.4, -0.2) is 39.3 Å². The van der Waals surface area contributed by atoms with Gasteiger partial charge in [0.15, 0.2) is 5.82 Å². The van der Waals surface area contributed by atoms with Gasteiger partial charge in [-0.05, 0) is 31.2 Å². The van der Waals surface area contributed by atoms with E-state index in [1.54, 1.807) is 12.4 Å². The lowest BCUT2D eigenvalue weighted by molar-refractivity contribution is 0.117. The first-order chi connectivity index (χ1) is 12.2. The fraction of sp³-hybridized carbons (Fsp3) is 0.211. The molecule has 0 aliphatic rings. The molecule has 0 fully saturated rings. The summed E-state index contributed by atoms with van der Waals surface area (Å²) in [6.45, 7) is 2.44. The van der Waals surface area contributed by atoms with Crippen LogP contribution < -0.4 is 10.1 Å². The van der Waals surface area contributed by atoms with Gasteiger partial charge in [0.2, 0.25) is 0 Å². The fourth-order valence-corrected chi connectivity index (χ4v) is 2.27. The number of pyridine rings is 1. The van der Waals surface area contributed by atoms with Gasteiger partial charge in [0.25, 0.3) is 0 Å². The highest BCUT2D eigenvalue weighted by Crippen LogP contribution is 2.16. The normalized spacial score (nSPS) is 11.8. The molecule has 2 heterocycles. The number of aromatic nitrogens is 3. The van der Waals surface area contributed by atoms with E-state index in [4.69, 9.17) is 4.74 Å². The Balaban J connectivity index is 1.58. The van der Waals surface area contributed by atoms with Crippen LogP contribution in [0.25, 0.3) is 11.4 Å². The summed E-state index contributed by atoms with van der Waals surface area (Å²) in [5.74, 6) is 1.99. The summed E-state index contributed by atoms with van der Waals surface area (Å²) in [5, 5.41) is 13.2. The Hall–Kier alpha value is -2.99. The molecule has 0 amide bonds. The summed E-state index contributed by atoms with van der Waals surface area (Å²) in [6.07, 6.45) is 2.78. The molecule has 3 rings (SSSR count). The highest BCUT2D eigenvalue weighted by Gasteiger charge is 2.08. The molecule has 0 unspecified atom stereocenters. The monoisotopic (exact) mass is 336 g/mol. The van der Waals surface area contributed by atoms with Gasteiger partial charge in [0, 0.05) is 36.3 Å². The second-order valence-electron chi connectivity index (χ2n) is 5.62. The van der Waals surface area contributed by atoms with Gasteiger partial charge in [-0.1, -0.05) is 18.2 Å². The van der Waals surface area contributed by atoms with Crippen LogP contribution in [0.3, 0.4) is 0 Å². The number of nitrogens with one attached hydrogen (secondary N) is 1. The first kappa shape index (κ1) is 16.9. The number of aryl methyl sites for hydroxylation is 1. The standard InChI is InChI=1S/C19H20N4O2/c1-14-10-18(23-19(22-14)15-6-5-9-20-11-15)21-12-16(24)13-25-17-7-3-2-4-8-17/h2-11,16,24H,12-13H2,1H3,(H,21,22,23)/t16-/m1/s1. The number of hydrogen-bond donors (Lipinski definition) is 2. The van der Waals surface area contributed by atoms with Crippen LogP contribution >= 0.6 is 0 Å². The third-order valence-electron chi connectivity index (χ3n) is 3.48. The van der Waals surface area contributed by atoms with Crippen molar-refractivity contribution < 1.29 is 9.84 Å². The Bertz CT molecular complexity index is 797. The molecule has 128 valence electrons. The predicted molar refractivity (Wildman–Crippen MR) is 96.4 cm³/mol. The number of hydrogen-bond acceptors (Lipinski definition) is 6. The molecule has 0 saturated heterocycles. The van der Waals surface area contributed by atoms with Crippen LogP contribution in [0.2, 0.25) is 0 Å². The average Bonchev–Trinajstić information content (AvgIpc) is 2.66. The predicted octanol–water partition coefficient (Wildman–Crippen LogP) is 2.70. The molecule has 0 aliphatic carbocycles. The van der Waals surface area contributed by atoms with Crippen molar-refractivity contribution in [3.8, 4) is 17.1 Å². The minimum Gasteiger partial charge on any atom is -0.491 e. The van der Waals surface area contributed by atoms with Gasteiger partial charge in [0.1, 0.15) is 24.3 Å². The average molecular weight is 336 g/mol. The molecule has 2 aromatic heterocycles.